The molecule has 2 amide bonds. The molecule has 1 aliphatic carbocycles. The minimum atomic E-state index is -0.0156. The summed E-state index contributed by atoms with van der Waals surface area (Å²) in [6.45, 7) is 3.31. The molecule has 2 aromatic rings. The quantitative estimate of drug-likeness (QED) is 0.842. The summed E-state index contributed by atoms with van der Waals surface area (Å²) in [5, 5.41) is 3.22. The van der Waals surface area contributed by atoms with E-state index in [1.165, 1.54) is 11.1 Å². The van der Waals surface area contributed by atoms with Crippen LogP contribution in [0.1, 0.15) is 41.9 Å². The van der Waals surface area contributed by atoms with Crippen molar-refractivity contribution in [1.82, 2.24) is 15.2 Å². The maximum absolute atomic E-state index is 12.8. The number of amides is 2. The van der Waals surface area contributed by atoms with Gasteiger partial charge < -0.3 is 10.2 Å². The zero-order chi connectivity index (χ0) is 19.5. The molecule has 28 heavy (non-hydrogen) atoms. The van der Waals surface area contributed by atoms with Crippen LogP contribution in [0.15, 0.2) is 48.8 Å². The van der Waals surface area contributed by atoms with E-state index in [0.717, 1.165) is 18.4 Å². The fourth-order valence-electron chi connectivity index (χ4n) is 3.91. The summed E-state index contributed by atoms with van der Waals surface area (Å²) in [7, 11) is 0. The number of hydrogen-bond acceptors (Lipinski definition) is 3. The molecule has 2 aliphatic rings. The van der Waals surface area contributed by atoms with Gasteiger partial charge in [-0.3, -0.25) is 14.6 Å². The highest BCUT2D eigenvalue weighted by molar-refractivity contribution is 5.82. The third-order valence-corrected chi connectivity index (χ3v) is 5.80. The number of carbonyl (C=O) groups excluding carboxylic acids is 2. The number of nitrogens with one attached hydrogen (secondary N) is 1. The fraction of sp³-hybridized carbons (Fsp3) is 0.435. The minimum Gasteiger partial charge on any atom is -0.351 e. The Hall–Kier alpha value is -2.69. The minimum absolute atomic E-state index is 0.0156. The second-order valence-electron chi connectivity index (χ2n) is 8.07. The Bertz CT molecular complexity index is 831. The molecule has 0 unspecified atom stereocenters. The molecule has 1 aromatic carbocycles. The van der Waals surface area contributed by atoms with Gasteiger partial charge in [-0.05, 0) is 43.4 Å². The Labute approximate surface area is 166 Å². The Morgan fingerprint density at radius 1 is 1.14 bits per heavy atom. The van der Waals surface area contributed by atoms with Crippen LogP contribution in [0.4, 0.5) is 0 Å². The first-order valence-corrected chi connectivity index (χ1v) is 10.1. The standard InChI is InChI=1S/C23H27N3O2/c1-16-4-7-18(8-5-16)20-14-26(15-21(20)25-23(28)19-9-10-19)22(27)11-6-17-3-2-12-24-13-17/h2-5,7-8,12-13,19-21H,6,9-11,14-15H2,1H3,(H,25,28)/t20-,21+/m0/s1. The van der Waals surface area contributed by atoms with Crippen molar-refractivity contribution >= 4 is 11.8 Å². The Morgan fingerprint density at radius 3 is 2.61 bits per heavy atom. The monoisotopic (exact) mass is 377 g/mol. The summed E-state index contributed by atoms with van der Waals surface area (Å²) in [5.74, 6) is 0.607. The third-order valence-electron chi connectivity index (χ3n) is 5.80. The number of likely N-dealkylation sites (tertiary alicyclic amines) is 1. The highest BCUT2D eigenvalue weighted by Crippen LogP contribution is 2.32. The van der Waals surface area contributed by atoms with Crippen LogP contribution in [0, 0.1) is 12.8 Å². The van der Waals surface area contributed by atoms with E-state index < -0.39 is 0 Å². The number of nitrogens with zero attached hydrogens (tertiary/aromatic N) is 2. The largest absolute Gasteiger partial charge is 0.351 e. The van der Waals surface area contributed by atoms with E-state index in [2.05, 4.69) is 41.5 Å². The summed E-state index contributed by atoms with van der Waals surface area (Å²) in [4.78, 5) is 31.2. The molecule has 146 valence electrons. The molecule has 1 aliphatic heterocycles. The van der Waals surface area contributed by atoms with Gasteiger partial charge >= 0.3 is 0 Å². The number of benzene rings is 1. The van der Waals surface area contributed by atoms with Gasteiger partial charge in [-0.2, -0.15) is 0 Å². The summed E-state index contributed by atoms with van der Waals surface area (Å²) < 4.78 is 0. The zero-order valence-corrected chi connectivity index (χ0v) is 16.3. The van der Waals surface area contributed by atoms with Crippen molar-refractivity contribution in [3.05, 3.63) is 65.5 Å². The van der Waals surface area contributed by atoms with Crippen molar-refractivity contribution in [2.75, 3.05) is 13.1 Å². The summed E-state index contributed by atoms with van der Waals surface area (Å²) in [6.07, 6.45) is 6.69. The molecule has 0 bridgehead atoms. The smallest absolute Gasteiger partial charge is 0.223 e. The molecule has 0 radical (unpaired) electrons. The Kier molecular flexibility index (Phi) is 5.42. The molecule has 2 heterocycles. The van der Waals surface area contributed by atoms with Crippen molar-refractivity contribution in [3.8, 4) is 0 Å². The van der Waals surface area contributed by atoms with Gasteiger partial charge in [-0.1, -0.05) is 35.9 Å². The molecule has 1 saturated heterocycles. The van der Waals surface area contributed by atoms with Crippen LogP contribution in [0.25, 0.3) is 0 Å². The van der Waals surface area contributed by atoms with Gasteiger partial charge in [0, 0.05) is 43.7 Å². The maximum atomic E-state index is 12.8. The predicted molar refractivity (Wildman–Crippen MR) is 108 cm³/mol. The zero-order valence-electron chi connectivity index (χ0n) is 16.3. The van der Waals surface area contributed by atoms with E-state index in [9.17, 15) is 9.59 Å². The average molecular weight is 377 g/mol. The van der Waals surface area contributed by atoms with Gasteiger partial charge in [-0.25, -0.2) is 0 Å². The third kappa shape index (κ3) is 4.41. The first-order valence-electron chi connectivity index (χ1n) is 10.1. The van der Waals surface area contributed by atoms with E-state index in [1.807, 2.05) is 23.2 Å². The van der Waals surface area contributed by atoms with Gasteiger partial charge in [-0.15, -0.1) is 0 Å². The second-order valence-corrected chi connectivity index (χ2v) is 8.07. The molecule has 4 rings (SSSR count). The van der Waals surface area contributed by atoms with Gasteiger partial charge in [0.1, 0.15) is 0 Å². The Morgan fingerprint density at radius 2 is 1.93 bits per heavy atom. The molecular formula is C23H27N3O2. The predicted octanol–water partition coefficient (Wildman–Crippen LogP) is 2.84. The molecule has 5 nitrogen and oxygen atoms in total. The van der Waals surface area contributed by atoms with Crippen molar-refractivity contribution in [3.63, 3.8) is 0 Å². The van der Waals surface area contributed by atoms with E-state index in [4.69, 9.17) is 0 Å². The molecule has 1 aromatic heterocycles. The van der Waals surface area contributed by atoms with Gasteiger partial charge in [0.05, 0.1) is 6.04 Å². The summed E-state index contributed by atoms with van der Waals surface area (Å²) in [6, 6.07) is 12.3. The van der Waals surface area contributed by atoms with Crippen LogP contribution in [0.5, 0.6) is 0 Å². The lowest BCUT2D eigenvalue weighted by Gasteiger charge is -2.20. The molecule has 2 atom stereocenters. The van der Waals surface area contributed by atoms with Crippen LogP contribution in [0.2, 0.25) is 0 Å². The lowest BCUT2D eigenvalue weighted by Crippen LogP contribution is -2.41. The summed E-state index contributed by atoms with van der Waals surface area (Å²) in [5.41, 5.74) is 3.47. The van der Waals surface area contributed by atoms with Gasteiger partial charge in [0.25, 0.3) is 0 Å². The van der Waals surface area contributed by atoms with Crippen LogP contribution in [-0.2, 0) is 16.0 Å². The normalized spacial score (nSPS) is 21.5. The number of carbonyl (C=O) groups is 2. The van der Waals surface area contributed by atoms with Crippen LogP contribution in [-0.4, -0.2) is 40.8 Å². The molecule has 2 fully saturated rings. The second kappa shape index (κ2) is 8.13. The van der Waals surface area contributed by atoms with Crippen molar-refractivity contribution < 1.29 is 9.59 Å². The summed E-state index contributed by atoms with van der Waals surface area (Å²) >= 11 is 0. The maximum Gasteiger partial charge on any atom is 0.223 e. The van der Waals surface area contributed by atoms with Gasteiger partial charge in [0.15, 0.2) is 0 Å². The molecular weight excluding hydrogens is 350 g/mol. The van der Waals surface area contributed by atoms with E-state index >= 15 is 0 Å². The van der Waals surface area contributed by atoms with Crippen molar-refractivity contribution in [1.29, 1.82) is 0 Å². The molecule has 5 heteroatoms. The molecule has 0 spiro atoms. The number of aromatic nitrogens is 1. The molecule has 1 N–H and O–H groups in total. The number of aryl methyl sites for hydroxylation is 2. The highest BCUT2D eigenvalue weighted by atomic mass is 16.2. The van der Waals surface area contributed by atoms with Crippen molar-refractivity contribution in [2.24, 2.45) is 5.92 Å². The first kappa shape index (κ1) is 18.7. The van der Waals surface area contributed by atoms with E-state index in [1.54, 1.807) is 6.20 Å². The number of rotatable bonds is 6. The van der Waals surface area contributed by atoms with Gasteiger partial charge in [0.2, 0.25) is 11.8 Å². The van der Waals surface area contributed by atoms with E-state index in [0.29, 0.717) is 25.9 Å². The number of pyridine rings is 1. The van der Waals surface area contributed by atoms with E-state index in [-0.39, 0.29) is 29.7 Å². The topological polar surface area (TPSA) is 62.3 Å². The Balaban J connectivity index is 1.44. The fourth-order valence-corrected chi connectivity index (χ4v) is 3.91. The lowest BCUT2D eigenvalue weighted by molar-refractivity contribution is -0.130. The average Bonchev–Trinajstić information content (AvgIpc) is 3.49. The van der Waals surface area contributed by atoms with Crippen molar-refractivity contribution in [2.45, 2.75) is 44.6 Å². The SMILES string of the molecule is Cc1ccc([C@@H]2CN(C(=O)CCc3cccnc3)C[C@H]2NC(=O)C2CC2)cc1. The first-order chi connectivity index (χ1) is 13.6. The highest BCUT2D eigenvalue weighted by Gasteiger charge is 2.39. The lowest BCUT2D eigenvalue weighted by atomic mass is 9.93. The number of hydrogen-bond donors (Lipinski definition) is 1. The van der Waals surface area contributed by atoms with Crippen LogP contribution < -0.4 is 5.32 Å². The van der Waals surface area contributed by atoms with Crippen LogP contribution in [0.3, 0.4) is 0 Å². The van der Waals surface area contributed by atoms with Crippen LogP contribution >= 0.6 is 0 Å². The molecule has 1 saturated carbocycles.